The van der Waals surface area contributed by atoms with E-state index in [1.54, 1.807) is 24.3 Å². The summed E-state index contributed by atoms with van der Waals surface area (Å²) in [7, 11) is 0. The molecule has 2 aromatic rings. The van der Waals surface area contributed by atoms with E-state index in [-0.39, 0.29) is 29.0 Å². The molecule has 6 heteroatoms. The Kier molecular flexibility index (Phi) is 5.54. The average Bonchev–Trinajstić information content (AvgIpc) is 2.66. The largest absolute Gasteiger partial charge is 0.507 e. The predicted molar refractivity (Wildman–Crippen MR) is 102 cm³/mol. The highest BCUT2D eigenvalue weighted by Gasteiger charge is 2.28. The van der Waals surface area contributed by atoms with Crippen LogP contribution in [0.3, 0.4) is 0 Å². The van der Waals surface area contributed by atoms with Gasteiger partial charge in [-0.1, -0.05) is 51.0 Å². The molecule has 0 unspecified atom stereocenters. The van der Waals surface area contributed by atoms with E-state index in [0.717, 1.165) is 25.3 Å². The lowest BCUT2D eigenvalue weighted by molar-refractivity contribution is -0.125. The van der Waals surface area contributed by atoms with Crippen LogP contribution in [0.2, 0.25) is 0 Å². The fourth-order valence-electron chi connectivity index (χ4n) is 3.74. The number of carbonyl (C=O) groups excluding carboxylic acids is 2. The molecule has 144 valence electrons. The third-order valence-electron chi connectivity index (χ3n) is 5.60. The molecule has 1 saturated carbocycles. The molecule has 1 aliphatic carbocycles. The van der Waals surface area contributed by atoms with E-state index >= 15 is 0 Å². The maximum Gasteiger partial charge on any atom is 0.342 e. The molecule has 3 N–H and O–H groups in total. The molecule has 0 spiro atoms. The first-order valence-corrected chi connectivity index (χ1v) is 9.28. The van der Waals surface area contributed by atoms with Gasteiger partial charge in [0.2, 0.25) is 0 Å². The zero-order chi connectivity index (χ0) is 19.6. The Morgan fingerprint density at radius 1 is 1.15 bits per heavy atom. The number of hydrogen-bond donors (Lipinski definition) is 3. The number of esters is 1. The number of benzene rings is 2. The molecule has 0 aromatic heterocycles. The fraction of sp³-hybridized carbons (Fsp3) is 0.429. The molecule has 0 heterocycles. The van der Waals surface area contributed by atoms with Gasteiger partial charge in [-0.25, -0.2) is 4.79 Å². The fourth-order valence-corrected chi connectivity index (χ4v) is 3.74. The number of amides is 1. The molecule has 2 aromatic carbocycles. The Balaban J connectivity index is 1.65. The van der Waals surface area contributed by atoms with Gasteiger partial charge in [0.15, 0.2) is 6.61 Å². The highest BCUT2D eigenvalue weighted by molar-refractivity contribution is 6.04. The van der Waals surface area contributed by atoms with Gasteiger partial charge in [-0.2, -0.15) is 0 Å². The molecule has 1 aliphatic rings. The van der Waals surface area contributed by atoms with Crippen molar-refractivity contribution >= 4 is 22.6 Å². The average molecular weight is 371 g/mol. The number of carbonyl (C=O) groups is 2. The van der Waals surface area contributed by atoms with Gasteiger partial charge >= 0.3 is 5.97 Å². The maximum absolute atomic E-state index is 12.3. The van der Waals surface area contributed by atoms with E-state index in [9.17, 15) is 19.8 Å². The van der Waals surface area contributed by atoms with E-state index in [1.165, 1.54) is 0 Å². The highest BCUT2D eigenvalue weighted by Crippen LogP contribution is 2.35. The summed E-state index contributed by atoms with van der Waals surface area (Å²) in [4.78, 5) is 24.5. The number of nitrogens with one attached hydrogen (secondary N) is 1. The quantitative estimate of drug-likeness (QED) is 0.566. The molecular weight excluding hydrogens is 346 g/mol. The van der Waals surface area contributed by atoms with Crippen molar-refractivity contribution in [2.75, 3.05) is 6.61 Å². The summed E-state index contributed by atoms with van der Waals surface area (Å²) in [5.41, 5.74) is -0.168. The van der Waals surface area contributed by atoms with E-state index in [1.807, 2.05) is 0 Å². The van der Waals surface area contributed by atoms with Crippen molar-refractivity contribution in [3.63, 3.8) is 0 Å². The molecule has 1 amide bonds. The van der Waals surface area contributed by atoms with E-state index in [2.05, 4.69) is 19.2 Å². The lowest BCUT2D eigenvalue weighted by atomic mass is 9.78. The second-order valence-corrected chi connectivity index (χ2v) is 7.35. The molecule has 0 aliphatic heterocycles. The minimum atomic E-state index is -0.853. The third-order valence-corrected chi connectivity index (χ3v) is 5.60. The van der Waals surface area contributed by atoms with Crippen LogP contribution in [-0.4, -0.2) is 34.7 Å². The molecule has 1 fully saturated rings. The van der Waals surface area contributed by atoms with Crippen LogP contribution < -0.4 is 5.32 Å². The minimum absolute atomic E-state index is 0.0815. The van der Waals surface area contributed by atoms with Crippen LogP contribution in [0.25, 0.3) is 10.8 Å². The van der Waals surface area contributed by atoms with Crippen molar-refractivity contribution in [3.8, 4) is 11.5 Å². The van der Waals surface area contributed by atoms with Crippen LogP contribution >= 0.6 is 0 Å². The van der Waals surface area contributed by atoms with Gasteiger partial charge in [0, 0.05) is 16.8 Å². The van der Waals surface area contributed by atoms with Crippen molar-refractivity contribution in [1.29, 1.82) is 0 Å². The Labute approximate surface area is 158 Å². The summed E-state index contributed by atoms with van der Waals surface area (Å²) in [6.07, 6.45) is 3.15. The van der Waals surface area contributed by atoms with E-state index in [0.29, 0.717) is 22.6 Å². The van der Waals surface area contributed by atoms with E-state index < -0.39 is 12.6 Å². The summed E-state index contributed by atoms with van der Waals surface area (Å²) < 4.78 is 5.06. The van der Waals surface area contributed by atoms with Crippen LogP contribution in [0.4, 0.5) is 0 Å². The van der Waals surface area contributed by atoms with Crippen LogP contribution in [-0.2, 0) is 9.53 Å². The molecular formula is C21H25NO5. The summed E-state index contributed by atoms with van der Waals surface area (Å²) in [5, 5.41) is 24.1. The summed E-state index contributed by atoms with van der Waals surface area (Å²) in [5.74, 6) is -0.704. The first-order valence-electron chi connectivity index (χ1n) is 9.28. The summed E-state index contributed by atoms with van der Waals surface area (Å²) in [6.45, 7) is 3.87. The number of phenolic OH excluding ortho intramolecular Hbond substituents is 2. The van der Waals surface area contributed by atoms with Crippen LogP contribution in [0.5, 0.6) is 11.5 Å². The van der Waals surface area contributed by atoms with Gasteiger partial charge in [0.1, 0.15) is 17.1 Å². The van der Waals surface area contributed by atoms with E-state index in [4.69, 9.17) is 4.74 Å². The van der Waals surface area contributed by atoms with Crippen LogP contribution in [0, 0.1) is 11.8 Å². The number of fused-ring (bicyclic) bond motifs is 1. The van der Waals surface area contributed by atoms with Gasteiger partial charge in [-0.05, 0) is 24.3 Å². The van der Waals surface area contributed by atoms with Crippen LogP contribution in [0.1, 0.15) is 43.5 Å². The predicted octanol–water partition coefficient (Wildman–Crippen LogP) is 3.35. The molecule has 27 heavy (non-hydrogen) atoms. The van der Waals surface area contributed by atoms with Crippen LogP contribution in [0.15, 0.2) is 30.3 Å². The van der Waals surface area contributed by atoms with Gasteiger partial charge in [0.05, 0.1) is 0 Å². The first kappa shape index (κ1) is 19.0. The summed E-state index contributed by atoms with van der Waals surface area (Å²) >= 11 is 0. The Hall–Kier alpha value is -2.76. The SMILES string of the molecule is C[C@@H]1[C@@H](C)CCC[C@H]1NC(=O)COC(=O)c1cc(O)c2ccccc2c1O. The van der Waals surface area contributed by atoms with Gasteiger partial charge in [0.25, 0.3) is 5.91 Å². The smallest absolute Gasteiger partial charge is 0.342 e. The number of aromatic hydroxyl groups is 2. The number of hydrogen-bond acceptors (Lipinski definition) is 5. The number of phenols is 2. The second kappa shape index (κ2) is 7.86. The molecule has 3 atom stereocenters. The minimum Gasteiger partial charge on any atom is -0.507 e. The van der Waals surface area contributed by atoms with Gasteiger partial charge in [-0.15, -0.1) is 0 Å². The van der Waals surface area contributed by atoms with Crippen molar-refractivity contribution in [1.82, 2.24) is 5.32 Å². The third kappa shape index (κ3) is 3.99. The van der Waals surface area contributed by atoms with Crippen molar-refractivity contribution in [3.05, 3.63) is 35.9 Å². The van der Waals surface area contributed by atoms with Crippen molar-refractivity contribution in [2.45, 2.75) is 39.2 Å². The standard InChI is InChI=1S/C21H25NO5/c1-12-6-5-9-17(13(12)2)22-19(24)11-27-21(26)16-10-18(23)14-7-3-4-8-15(14)20(16)25/h3-4,7-8,10,12-13,17,23,25H,5-6,9,11H2,1-2H3,(H,22,24)/t12-,13+,17+/m0/s1. The number of ether oxygens (including phenoxy) is 1. The monoisotopic (exact) mass is 371 g/mol. The molecule has 6 nitrogen and oxygen atoms in total. The topological polar surface area (TPSA) is 95.9 Å². The normalized spacial score (nSPS) is 22.4. The zero-order valence-electron chi connectivity index (χ0n) is 15.6. The molecule has 0 saturated heterocycles. The lowest BCUT2D eigenvalue weighted by Gasteiger charge is -2.34. The maximum atomic E-state index is 12.3. The van der Waals surface area contributed by atoms with Gasteiger partial charge < -0.3 is 20.3 Å². The van der Waals surface area contributed by atoms with Crippen molar-refractivity contribution in [2.24, 2.45) is 11.8 Å². The Bertz CT molecular complexity index is 863. The number of rotatable bonds is 4. The molecule has 0 radical (unpaired) electrons. The first-order chi connectivity index (χ1) is 12.9. The lowest BCUT2D eigenvalue weighted by Crippen LogP contribution is -2.45. The Morgan fingerprint density at radius 2 is 1.85 bits per heavy atom. The molecule has 3 rings (SSSR count). The van der Waals surface area contributed by atoms with Crippen molar-refractivity contribution < 1.29 is 24.5 Å². The van der Waals surface area contributed by atoms with Gasteiger partial charge in [-0.3, -0.25) is 4.79 Å². The Morgan fingerprint density at radius 3 is 2.59 bits per heavy atom. The second-order valence-electron chi connectivity index (χ2n) is 7.35. The zero-order valence-corrected chi connectivity index (χ0v) is 15.6. The highest BCUT2D eigenvalue weighted by atomic mass is 16.5. The summed E-state index contributed by atoms with van der Waals surface area (Å²) in [6, 6.07) is 7.88. The molecule has 0 bridgehead atoms.